The molecule has 3 bridgehead atoms. The van der Waals surface area contributed by atoms with Gasteiger partial charge >= 0.3 is 17.9 Å². The molecule has 3 aliphatic carbocycles. The highest BCUT2D eigenvalue weighted by molar-refractivity contribution is 5.70. The molecule has 1 saturated heterocycles. The minimum absolute atomic E-state index is 0.102. The van der Waals surface area contributed by atoms with E-state index in [4.69, 9.17) is 14.2 Å². The molecule has 4 rings (SSSR count). The number of allylic oxidation sites excluding steroid dienone is 4. The Hall–Kier alpha value is -2.15. The van der Waals surface area contributed by atoms with Gasteiger partial charge in [-0.05, 0) is 139 Å². The molecule has 7 heteroatoms. The predicted octanol–water partition coefficient (Wildman–Crippen LogP) is 10.2. The molecule has 3 saturated carbocycles. The maximum absolute atomic E-state index is 13.1. The SMILES string of the molecule is CCCCC/C=C\C/C=C\CCCCCCCC(=O)OCC(COC(=O)CCCN1CCCCC1)COC(=O)CC1CC2CC3CCC1C(C3)C2. The predicted molar refractivity (Wildman–Crippen MR) is 205 cm³/mol. The summed E-state index contributed by atoms with van der Waals surface area (Å²) in [6, 6.07) is 0. The molecule has 0 amide bonds. The van der Waals surface area contributed by atoms with E-state index in [1.165, 1.54) is 89.9 Å². The van der Waals surface area contributed by atoms with Gasteiger partial charge in [-0.2, -0.15) is 0 Å². The van der Waals surface area contributed by atoms with Crippen LogP contribution in [0.2, 0.25) is 0 Å². The number of unbranched alkanes of at least 4 members (excludes halogenated alkanes) is 8. The second kappa shape index (κ2) is 25.0. The molecular formula is C44H73NO6. The lowest BCUT2D eigenvalue weighted by atomic mass is 9.54. The topological polar surface area (TPSA) is 82.1 Å². The second-order valence-corrected chi connectivity index (χ2v) is 16.5. The third-order valence-corrected chi connectivity index (χ3v) is 12.2. The Balaban J connectivity index is 1.10. The Morgan fingerprint density at radius 2 is 1.27 bits per heavy atom. The summed E-state index contributed by atoms with van der Waals surface area (Å²) < 4.78 is 17.1. The number of nitrogens with zero attached hydrogens (tertiary/aromatic N) is 1. The van der Waals surface area contributed by atoms with E-state index in [1.807, 2.05) is 0 Å². The van der Waals surface area contributed by atoms with Gasteiger partial charge in [0, 0.05) is 19.3 Å². The first-order chi connectivity index (χ1) is 25.0. The van der Waals surface area contributed by atoms with E-state index in [0.29, 0.717) is 31.1 Å². The van der Waals surface area contributed by atoms with Gasteiger partial charge in [-0.25, -0.2) is 0 Å². The number of carbonyl (C=O) groups excluding carboxylic acids is 3. The number of esters is 3. The van der Waals surface area contributed by atoms with Crippen LogP contribution in [-0.4, -0.2) is 62.3 Å². The molecule has 0 N–H and O–H groups in total. The zero-order valence-corrected chi connectivity index (χ0v) is 32.4. The van der Waals surface area contributed by atoms with Gasteiger partial charge in [-0.3, -0.25) is 14.4 Å². The van der Waals surface area contributed by atoms with Crippen LogP contribution in [0.25, 0.3) is 0 Å². The van der Waals surface area contributed by atoms with E-state index < -0.39 is 0 Å². The number of ether oxygens (including phenoxy) is 3. The van der Waals surface area contributed by atoms with Crippen molar-refractivity contribution in [3.8, 4) is 0 Å². The summed E-state index contributed by atoms with van der Waals surface area (Å²) in [5.41, 5.74) is 0. The Kier molecular flexibility index (Phi) is 20.4. The van der Waals surface area contributed by atoms with Crippen LogP contribution in [0.15, 0.2) is 24.3 Å². The monoisotopic (exact) mass is 712 g/mol. The fraction of sp³-hybridized carbons (Fsp3) is 0.841. The molecule has 290 valence electrons. The zero-order chi connectivity index (χ0) is 35.9. The second-order valence-electron chi connectivity index (χ2n) is 16.5. The summed E-state index contributed by atoms with van der Waals surface area (Å²) in [5, 5.41) is 0. The lowest BCUT2D eigenvalue weighted by molar-refractivity contribution is -0.154. The van der Waals surface area contributed by atoms with E-state index in [0.717, 1.165) is 82.3 Å². The summed E-state index contributed by atoms with van der Waals surface area (Å²) in [6.07, 6.45) is 35.3. The maximum Gasteiger partial charge on any atom is 0.306 e. The van der Waals surface area contributed by atoms with E-state index >= 15 is 0 Å². The quantitative estimate of drug-likeness (QED) is 0.0382. The average Bonchev–Trinajstić information content (AvgIpc) is 3.12. The molecule has 1 heterocycles. The number of rotatable bonds is 26. The standard InChI is InChI=1S/C44H73NO6/c1-2-3-4-5-6-7-8-9-10-11-12-13-14-15-17-21-42(46)49-33-38(34-50-43(47)22-20-27-45-25-18-16-19-26-45)35-51-44(48)32-40-31-37-28-36-23-24-41(40)39(29-36)30-37/h6-7,9-10,36-41H,2-5,8,11-35H2,1H3/b7-6-,10-9-. The Labute approximate surface area is 311 Å². The first-order valence-corrected chi connectivity index (χ1v) is 21.5. The van der Waals surface area contributed by atoms with Crippen molar-refractivity contribution in [1.29, 1.82) is 0 Å². The molecule has 0 spiro atoms. The number of hydrogen-bond acceptors (Lipinski definition) is 7. The van der Waals surface area contributed by atoms with Crippen LogP contribution in [0, 0.1) is 35.5 Å². The Morgan fingerprint density at radius 3 is 2.00 bits per heavy atom. The third kappa shape index (κ3) is 17.0. The maximum atomic E-state index is 13.1. The first kappa shape index (κ1) is 41.6. The van der Waals surface area contributed by atoms with Crippen LogP contribution in [0.1, 0.15) is 161 Å². The molecular weight excluding hydrogens is 638 g/mol. The lowest BCUT2D eigenvalue weighted by Gasteiger charge is -2.52. The van der Waals surface area contributed by atoms with Gasteiger partial charge in [0.25, 0.3) is 0 Å². The summed E-state index contributed by atoms with van der Waals surface area (Å²) in [7, 11) is 0. The number of carbonyl (C=O) groups is 3. The van der Waals surface area contributed by atoms with Gasteiger partial charge in [0.2, 0.25) is 0 Å². The minimum Gasteiger partial charge on any atom is -0.465 e. The zero-order valence-electron chi connectivity index (χ0n) is 32.4. The van der Waals surface area contributed by atoms with Crippen LogP contribution in [0.5, 0.6) is 0 Å². The van der Waals surface area contributed by atoms with Crippen LogP contribution < -0.4 is 0 Å². The molecule has 4 fully saturated rings. The molecule has 7 nitrogen and oxygen atoms in total. The van der Waals surface area contributed by atoms with Crippen molar-refractivity contribution in [2.75, 3.05) is 39.5 Å². The molecule has 0 aromatic carbocycles. The van der Waals surface area contributed by atoms with Crippen LogP contribution >= 0.6 is 0 Å². The minimum atomic E-state index is -0.352. The normalized spacial score (nSPS) is 25.3. The van der Waals surface area contributed by atoms with Gasteiger partial charge in [0.05, 0.1) is 5.92 Å². The van der Waals surface area contributed by atoms with Crippen molar-refractivity contribution in [3.63, 3.8) is 0 Å². The lowest BCUT2D eigenvalue weighted by Crippen LogP contribution is -2.43. The first-order valence-electron chi connectivity index (χ1n) is 21.5. The molecule has 1 aliphatic heterocycles. The largest absolute Gasteiger partial charge is 0.465 e. The molecule has 51 heavy (non-hydrogen) atoms. The number of likely N-dealkylation sites (tertiary alicyclic amines) is 1. The van der Waals surface area contributed by atoms with Crippen molar-refractivity contribution < 1.29 is 28.6 Å². The van der Waals surface area contributed by atoms with Crippen molar-refractivity contribution in [2.45, 2.75) is 161 Å². The van der Waals surface area contributed by atoms with Crippen molar-refractivity contribution in [1.82, 2.24) is 4.90 Å². The fourth-order valence-corrected chi connectivity index (χ4v) is 9.42. The van der Waals surface area contributed by atoms with E-state index in [9.17, 15) is 14.4 Å². The van der Waals surface area contributed by atoms with E-state index in [1.54, 1.807) is 0 Å². The van der Waals surface area contributed by atoms with Crippen LogP contribution in [-0.2, 0) is 28.6 Å². The molecule has 6 unspecified atom stereocenters. The fourth-order valence-electron chi connectivity index (χ4n) is 9.42. The average molecular weight is 712 g/mol. The highest BCUT2D eigenvalue weighted by Crippen LogP contribution is 2.55. The van der Waals surface area contributed by atoms with E-state index in [-0.39, 0.29) is 43.6 Å². The molecule has 6 atom stereocenters. The van der Waals surface area contributed by atoms with Gasteiger partial charge in [-0.1, -0.05) is 76.2 Å². The van der Waals surface area contributed by atoms with Crippen molar-refractivity contribution in [3.05, 3.63) is 24.3 Å². The smallest absolute Gasteiger partial charge is 0.306 e. The van der Waals surface area contributed by atoms with Gasteiger partial charge < -0.3 is 19.1 Å². The molecule has 4 aliphatic rings. The molecule has 0 aromatic rings. The van der Waals surface area contributed by atoms with Crippen LogP contribution in [0.3, 0.4) is 0 Å². The van der Waals surface area contributed by atoms with Crippen molar-refractivity contribution >= 4 is 17.9 Å². The van der Waals surface area contributed by atoms with Crippen LogP contribution in [0.4, 0.5) is 0 Å². The summed E-state index contributed by atoms with van der Waals surface area (Å²) in [4.78, 5) is 40.8. The number of hydrogen-bond donors (Lipinski definition) is 0. The van der Waals surface area contributed by atoms with Gasteiger partial charge in [0.15, 0.2) is 0 Å². The highest BCUT2D eigenvalue weighted by atomic mass is 16.6. The summed E-state index contributed by atoms with van der Waals surface area (Å²) in [6.45, 7) is 5.72. The van der Waals surface area contributed by atoms with Gasteiger partial charge in [0.1, 0.15) is 19.8 Å². The van der Waals surface area contributed by atoms with E-state index in [2.05, 4.69) is 36.1 Å². The number of piperidine rings is 1. The molecule has 0 aromatic heterocycles. The number of fused-ring (bicyclic) bond motifs is 2. The third-order valence-electron chi connectivity index (χ3n) is 12.2. The molecule has 0 radical (unpaired) electrons. The Bertz CT molecular complexity index is 1040. The van der Waals surface area contributed by atoms with Gasteiger partial charge in [-0.15, -0.1) is 0 Å². The summed E-state index contributed by atoms with van der Waals surface area (Å²) in [5.74, 6) is 2.63. The summed E-state index contributed by atoms with van der Waals surface area (Å²) >= 11 is 0. The van der Waals surface area contributed by atoms with Crippen molar-refractivity contribution in [2.24, 2.45) is 35.5 Å². The highest BCUT2D eigenvalue weighted by Gasteiger charge is 2.46. The Morgan fingerprint density at radius 1 is 0.647 bits per heavy atom.